The summed E-state index contributed by atoms with van der Waals surface area (Å²) in [6.45, 7) is 3.11. The van der Waals surface area contributed by atoms with Crippen molar-refractivity contribution in [3.63, 3.8) is 0 Å². The highest BCUT2D eigenvalue weighted by atomic mass is 32.2. The number of nitrogens with zero attached hydrogens (tertiary/aromatic N) is 1. The first-order valence-electron chi connectivity index (χ1n) is 6.14. The summed E-state index contributed by atoms with van der Waals surface area (Å²) in [5.41, 5.74) is 1.32. The maximum atomic E-state index is 5.95. The van der Waals surface area contributed by atoms with Crippen LogP contribution in [0.4, 0.5) is 0 Å². The highest BCUT2D eigenvalue weighted by molar-refractivity contribution is 7.88. The van der Waals surface area contributed by atoms with E-state index in [-0.39, 0.29) is 10.7 Å². The zero-order valence-electron chi connectivity index (χ0n) is 9.74. The standard InChI is InChI=1S/C14H15NOS/c1-9-2-4-10(5-3-9)17-14-11(8-15-17)12-6-7-13(14)16-12/h2-7,11-14H,8H2,1H3/t11-,12+,13-,14-,17?/m1/s1. The van der Waals surface area contributed by atoms with Crippen LogP contribution in [-0.4, -0.2) is 24.0 Å². The summed E-state index contributed by atoms with van der Waals surface area (Å²) in [5, 5.41) is 0.604. The molecule has 3 aliphatic rings. The second-order valence-corrected chi connectivity index (χ2v) is 6.92. The third-order valence-electron chi connectivity index (χ3n) is 3.92. The second-order valence-electron chi connectivity index (χ2n) is 5.02. The van der Waals surface area contributed by atoms with Crippen molar-refractivity contribution in [1.29, 1.82) is 0 Å². The highest BCUT2D eigenvalue weighted by Crippen LogP contribution is 2.43. The van der Waals surface area contributed by atoms with Crippen molar-refractivity contribution < 1.29 is 4.74 Å². The Labute approximate surface area is 104 Å². The lowest BCUT2D eigenvalue weighted by Crippen LogP contribution is -2.30. The van der Waals surface area contributed by atoms with Gasteiger partial charge in [-0.1, -0.05) is 40.5 Å². The van der Waals surface area contributed by atoms with Crippen molar-refractivity contribution in [2.75, 3.05) is 6.54 Å². The molecule has 1 aromatic rings. The number of hydrogen-bond acceptors (Lipinski definition) is 2. The molecule has 3 aliphatic heterocycles. The number of ether oxygens (including phenoxy) is 1. The summed E-state index contributed by atoms with van der Waals surface area (Å²) in [6, 6.07) is 8.85. The molecule has 0 radical (unpaired) electrons. The van der Waals surface area contributed by atoms with E-state index in [0.29, 0.717) is 23.4 Å². The normalized spacial score (nSPS) is 41.6. The molecule has 0 N–H and O–H groups in total. The number of benzene rings is 1. The molecule has 4 rings (SSSR count). The Morgan fingerprint density at radius 2 is 1.94 bits per heavy atom. The first kappa shape index (κ1) is 10.0. The molecule has 0 spiro atoms. The predicted molar refractivity (Wildman–Crippen MR) is 69.2 cm³/mol. The van der Waals surface area contributed by atoms with Crippen LogP contribution in [0.5, 0.6) is 0 Å². The zero-order valence-corrected chi connectivity index (χ0v) is 10.6. The van der Waals surface area contributed by atoms with Gasteiger partial charge in [0.05, 0.1) is 24.0 Å². The molecule has 0 amide bonds. The SMILES string of the molecule is Cc1ccc(S2=NC[C@H]3[C@@H]2[C@H]2C=C[C@@H]3O2)cc1. The summed E-state index contributed by atoms with van der Waals surface area (Å²) in [7, 11) is 0.0449. The Morgan fingerprint density at radius 3 is 2.76 bits per heavy atom. The summed E-state index contributed by atoms with van der Waals surface area (Å²) >= 11 is 0. The van der Waals surface area contributed by atoms with Gasteiger partial charge in [-0.05, 0) is 19.1 Å². The van der Waals surface area contributed by atoms with E-state index in [4.69, 9.17) is 9.10 Å². The first-order valence-corrected chi connectivity index (χ1v) is 7.38. The number of hydrogen-bond donors (Lipinski definition) is 0. The van der Waals surface area contributed by atoms with E-state index < -0.39 is 0 Å². The Kier molecular flexibility index (Phi) is 2.08. The lowest BCUT2D eigenvalue weighted by Gasteiger charge is -2.19. The van der Waals surface area contributed by atoms with Crippen LogP contribution in [0.25, 0.3) is 0 Å². The topological polar surface area (TPSA) is 21.6 Å². The van der Waals surface area contributed by atoms with Crippen molar-refractivity contribution >= 4 is 10.7 Å². The van der Waals surface area contributed by atoms with E-state index in [1.54, 1.807) is 0 Å². The number of aryl methyl sites for hydroxylation is 1. The Balaban J connectivity index is 1.72. The van der Waals surface area contributed by atoms with Gasteiger partial charge in [0.25, 0.3) is 0 Å². The van der Waals surface area contributed by atoms with Gasteiger partial charge in [0.2, 0.25) is 0 Å². The molecule has 3 heteroatoms. The number of fused-ring (bicyclic) bond motifs is 5. The van der Waals surface area contributed by atoms with Gasteiger partial charge >= 0.3 is 0 Å². The van der Waals surface area contributed by atoms with Gasteiger partial charge in [-0.15, -0.1) is 0 Å². The van der Waals surface area contributed by atoms with Gasteiger partial charge in [-0.2, -0.15) is 0 Å². The molecule has 0 aromatic heterocycles. The van der Waals surface area contributed by atoms with Crippen LogP contribution >= 0.6 is 0 Å². The van der Waals surface area contributed by atoms with Crippen LogP contribution in [0.15, 0.2) is 45.7 Å². The lowest BCUT2D eigenvalue weighted by molar-refractivity contribution is 0.110. The van der Waals surface area contributed by atoms with Gasteiger partial charge in [0, 0.05) is 10.8 Å². The van der Waals surface area contributed by atoms with E-state index in [1.165, 1.54) is 10.5 Å². The van der Waals surface area contributed by atoms with Gasteiger partial charge in [0.1, 0.15) is 0 Å². The van der Waals surface area contributed by atoms with Crippen LogP contribution in [0.3, 0.4) is 0 Å². The van der Waals surface area contributed by atoms with Crippen molar-refractivity contribution in [3.8, 4) is 0 Å². The fourth-order valence-corrected chi connectivity index (χ4v) is 5.38. The van der Waals surface area contributed by atoms with Crippen LogP contribution in [-0.2, 0) is 15.4 Å². The summed E-state index contributed by atoms with van der Waals surface area (Å²) in [6.07, 6.45) is 5.13. The van der Waals surface area contributed by atoms with Crippen LogP contribution in [0.1, 0.15) is 5.56 Å². The third-order valence-corrected chi connectivity index (χ3v) is 6.23. The number of rotatable bonds is 1. The maximum Gasteiger partial charge on any atom is 0.0900 e. The van der Waals surface area contributed by atoms with E-state index >= 15 is 0 Å². The molecule has 1 aromatic carbocycles. The van der Waals surface area contributed by atoms with Gasteiger partial charge in [0.15, 0.2) is 0 Å². The molecule has 1 fully saturated rings. The molecule has 3 heterocycles. The molecule has 1 saturated heterocycles. The molecule has 2 bridgehead atoms. The minimum Gasteiger partial charge on any atom is -0.365 e. The first-order chi connectivity index (χ1) is 8.33. The van der Waals surface area contributed by atoms with Crippen molar-refractivity contribution in [2.24, 2.45) is 10.3 Å². The molecule has 5 atom stereocenters. The molecule has 2 nitrogen and oxygen atoms in total. The Hall–Kier alpha value is -0.930. The molecular weight excluding hydrogens is 230 g/mol. The fraction of sp³-hybridized carbons (Fsp3) is 0.429. The molecule has 17 heavy (non-hydrogen) atoms. The molecule has 0 saturated carbocycles. The monoisotopic (exact) mass is 245 g/mol. The highest BCUT2D eigenvalue weighted by Gasteiger charge is 2.50. The molecule has 1 unspecified atom stereocenters. The average Bonchev–Trinajstić information content (AvgIpc) is 3.02. The van der Waals surface area contributed by atoms with E-state index in [9.17, 15) is 0 Å². The van der Waals surface area contributed by atoms with Crippen molar-refractivity contribution in [1.82, 2.24) is 0 Å². The summed E-state index contributed by atoms with van der Waals surface area (Å²) in [5.74, 6) is 0.634. The Bertz CT molecular complexity index is 520. The van der Waals surface area contributed by atoms with Gasteiger partial charge in [-0.3, -0.25) is 4.36 Å². The zero-order chi connectivity index (χ0) is 11.4. The Morgan fingerprint density at radius 1 is 1.18 bits per heavy atom. The quantitative estimate of drug-likeness (QED) is 0.697. The van der Waals surface area contributed by atoms with Gasteiger partial charge in [-0.25, -0.2) is 0 Å². The summed E-state index contributed by atoms with van der Waals surface area (Å²) < 4.78 is 10.8. The van der Waals surface area contributed by atoms with Crippen LogP contribution < -0.4 is 0 Å². The molecular formula is C14H15NOS. The van der Waals surface area contributed by atoms with Crippen LogP contribution in [0.2, 0.25) is 0 Å². The van der Waals surface area contributed by atoms with Crippen molar-refractivity contribution in [2.45, 2.75) is 29.3 Å². The largest absolute Gasteiger partial charge is 0.365 e. The van der Waals surface area contributed by atoms with E-state index in [2.05, 4.69) is 43.3 Å². The third kappa shape index (κ3) is 1.39. The van der Waals surface area contributed by atoms with E-state index in [0.717, 1.165) is 6.54 Å². The van der Waals surface area contributed by atoms with E-state index in [1.807, 2.05) is 0 Å². The average molecular weight is 245 g/mol. The minimum atomic E-state index is 0.0449. The van der Waals surface area contributed by atoms with Gasteiger partial charge < -0.3 is 4.74 Å². The predicted octanol–water partition coefficient (Wildman–Crippen LogP) is 2.49. The molecule has 0 aliphatic carbocycles. The minimum absolute atomic E-state index is 0.0449. The maximum absolute atomic E-state index is 5.95. The second kappa shape index (κ2) is 3.53. The molecule has 88 valence electrons. The lowest BCUT2D eigenvalue weighted by atomic mass is 9.94. The summed E-state index contributed by atoms with van der Waals surface area (Å²) in [4.78, 5) is 1.38. The fourth-order valence-electron chi connectivity index (χ4n) is 3.01. The van der Waals surface area contributed by atoms with Crippen LogP contribution in [0, 0.1) is 12.8 Å². The smallest absolute Gasteiger partial charge is 0.0900 e. The van der Waals surface area contributed by atoms with Crippen molar-refractivity contribution in [3.05, 3.63) is 42.0 Å².